The molecule has 0 bridgehead atoms. The van der Waals surface area contributed by atoms with Crippen molar-refractivity contribution in [1.82, 2.24) is 9.97 Å². The number of nitrogens with one attached hydrogen (secondary N) is 1. The molecule has 0 saturated heterocycles. The molecule has 2 aromatic rings. The van der Waals surface area contributed by atoms with Gasteiger partial charge in [-0.15, -0.1) is 0 Å². The monoisotopic (exact) mass is 275 g/mol. The summed E-state index contributed by atoms with van der Waals surface area (Å²) in [5.41, 5.74) is 3.60. The number of fused-ring (bicyclic) bond motifs is 1. The molecule has 1 heterocycles. The van der Waals surface area contributed by atoms with Crippen LogP contribution in [0.5, 0.6) is 0 Å². The molecule has 0 saturated carbocycles. The lowest BCUT2D eigenvalue weighted by Crippen LogP contribution is -2.34. The minimum absolute atomic E-state index is 0.426. The molecular weight excluding hydrogens is 254 g/mol. The number of rotatable bonds is 1. The lowest BCUT2D eigenvalue weighted by Gasteiger charge is -2.23. The summed E-state index contributed by atoms with van der Waals surface area (Å²) in [6, 6.07) is 4.04. The van der Waals surface area contributed by atoms with Crippen molar-refractivity contribution >= 4 is 23.1 Å². The summed E-state index contributed by atoms with van der Waals surface area (Å²) in [6.45, 7) is 9.60. The average Bonchev–Trinajstić information content (AvgIpc) is 2.69. The summed E-state index contributed by atoms with van der Waals surface area (Å²) in [5.74, 6) is 0.485. The first-order valence-electron chi connectivity index (χ1n) is 6.61. The molecule has 0 aliphatic rings. The second kappa shape index (κ2) is 4.81. The molecule has 1 N–H and O–H groups in total. The molecule has 108 valence electrons. The largest absolute Gasteiger partial charge is 0.443 e. The Morgan fingerprint density at radius 2 is 1.85 bits per heavy atom. The molecule has 0 unspecified atom stereocenters. The van der Waals surface area contributed by atoms with Crippen LogP contribution in [0.15, 0.2) is 12.1 Å². The second-order valence-electron chi connectivity index (χ2n) is 6.05. The van der Waals surface area contributed by atoms with Crippen molar-refractivity contribution in [3.05, 3.63) is 23.3 Å². The van der Waals surface area contributed by atoms with Crippen LogP contribution >= 0.6 is 0 Å². The van der Waals surface area contributed by atoms with Crippen LogP contribution in [0.1, 0.15) is 31.9 Å². The van der Waals surface area contributed by atoms with E-state index in [2.05, 4.69) is 9.97 Å². The van der Waals surface area contributed by atoms with Crippen molar-refractivity contribution in [2.75, 3.05) is 11.9 Å². The Morgan fingerprint density at radius 3 is 2.45 bits per heavy atom. The SMILES string of the molecule is Cc1cc2nc(N(C)C(=O)OC(C)(C)C)[nH]c2cc1C. The van der Waals surface area contributed by atoms with E-state index in [9.17, 15) is 4.79 Å². The topological polar surface area (TPSA) is 58.2 Å². The van der Waals surface area contributed by atoms with E-state index in [4.69, 9.17) is 4.74 Å². The first-order chi connectivity index (χ1) is 9.17. The molecule has 20 heavy (non-hydrogen) atoms. The maximum atomic E-state index is 12.0. The van der Waals surface area contributed by atoms with Crippen molar-refractivity contribution in [3.63, 3.8) is 0 Å². The lowest BCUT2D eigenvalue weighted by atomic mass is 10.1. The predicted molar refractivity (Wildman–Crippen MR) is 80.2 cm³/mol. The van der Waals surface area contributed by atoms with Gasteiger partial charge in [0.1, 0.15) is 5.60 Å². The van der Waals surface area contributed by atoms with E-state index >= 15 is 0 Å². The van der Waals surface area contributed by atoms with Crippen LogP contribution < -0.4 is 4.90 Å². The number of aryl methyl sites for hydroxylation is 2. The fraction of sp³-hybridized carbons (Fsp3) is 0.467. The smallest absolute Gasteiger partial charge is 0.416 e. The number of amides is 1. The second-order valence-corrected chi connectivity index (χ2v) is 6.05. The molecule has 2 rings (SSSR count). The van der Waals surface area contributed by atoms with Crippen molar-refractivity contribution in [2.24, 2.45) is 0 Å². The number of hydrogen-bond donors (Lipinski definition) is 1. The fourth-order valence-corrected chi connectivity index (χ4v) is 1.83. The van der Waals surface area contributed by atoms with Crippen molar-refractivity contribution in [1.29, 1.82) is 0 Å². The van der Waals surface area contributed by atoms with E-state index in [1.807, 2.05) is 46.8 Å². The molecule has 1 aromatic carbocycles. The zero-order valence-electron chi connectivity index (χ0n) is 12.9. The summed E-state index contributed by atoms with van der Waals surface area (Å²) in [5, 5.41) is 0. The van der Waals surface area contributed by atoms with Crippen LogP contribution in [0.3, 0.4) is 0 Å². The highest BCUT2D eigenvalue weighted by Crippen LogP contribution is 2.21. The number of anilines is 1. The summed E-state index contributed by atoms with van der Waals surface area (Å²) >= 11 is 0. The zero-order valence-corrected chi connectivity index (χ0v) is 12.9. The molecule has 0 fully saturated rings. The van der Waals surface area contributed by atoms with Gasteiger partial charge < -0.3 is 9.72 Å². The van der Waals surface area contributed by atoms with Crippen LogP contribution in [0, 0.1) is 13.8 Å². The standard InChI is InChI=1S/C15H21N3O2/c1-9-7-11-12(8-10(9)2)17-13(16-11)18(6)14(19)20-15(3,4)5/h7-8H,1-6H3,(H,16,17). The number of benzene rings is 1. The molecule has 5 heteroatoms. The Kier molecular flexibility index (Phi) is 3.46. The van der Waals surface area contributed by atoms with Gasteiger partial charge in [-0.05, 0) is 57.9 Å². The maximum Gasteiger partial charge on any atom is 0.416 e. The summed E-state index contributed by atoms with van der Waals surface area (Å²) in [7, 11) is 1.64. The molecule has 5 nitrogen and oxygen atoms in total. The van der Waals surface area contributed by atoms with Crippen LogP contribution in [-0.2, 0) is 4.74 Å². The van der Waals surface area contributed by atoms with Crippen LogP contribution in [0.25, 0.3) is 11.0 Å². The Labute approximate surface area is 118 Å². The number of H-pyrrole nitrogens is 1. The lowest BCUT2D eigenvalue weighted by molar-refractivity contribution is 0.0587. The van der Waals surface area contributed by atoms with E-state index in [1.165, 1.54) is 16.0 Å². The zero-order chi connectivity index (χ0) is 15.1. The average molecular weight is 275 g/mol. The predicted octanol–water partition coefficient (Wildman–Crippen LogP) is 3.55. The first-order valence-corrected chi connectivity index (χ1v) is 6.61. The highest BCUT2D eigenvalue weighted by molar-refractivity contribution is 5.88. The van der Waals surface area contributed by atoms with Gasteiger partial charge in [0.15, 0.2) is 0 Å². The number of carbonyl (C=O) groups is 1. The minimum atomic E-state index is -0.523. The van der Waals surface area contributed by atoms with Gasteiger partial charge in [-0.25, -0.2) is 9.78 Å². The quantitative estimate of drug-likeness (QED) is 0.865. The van der Waals surface area contributed by atoms with Gasteiger partial charge in [0, 0.05) is 7.05 Å². The van der Waals surface area contributed by atoms with E-state index in [-0.39, 0.29) is 0 Å². The Morgan fingerprint density at radius 1 is 1.25 bits per heavy atom. The molecule has 0 atom stereocenters. The van der Waals surface area contributed by atoms with Gasteiger partial charge >= 0.3 is 6.09 Å². The number of aromatic amines is 1. The highest BCUT2D eigenvalue weighted by atomic mass is 16.6. The molecule has 1 amide bonds. The van der Waals surface area contributed by atoms with Gasteiger partial charge in [-0.2, -0.15) is 0 Å². The van der Waals surface area contributed by atoms with Crippen LogP contribution in [0.4, 0.5) is 10.7 Å². The molecule has 0 aliphatic heterocycles. The van der Waals surface area contributed by atoms with E-state index < -0.39 is 11.7 Å². The van der Waals surface area contributed by atoms with E-state index in [0.717, 1.165) is 11.0 Å². The third-order valence-corrected chi connectivity index (χ3v) is 3.07. The Balaban J connectivity index is 2.31. The number of nitrogens with zero attached hydrogens (tertiary/aromatic N) is 2. The normalized spacial score (nSPS) is 11.7. The molecule has 0 aliphatic carbocycles. The molecular formula is C15H21N3O2. The Bertz CT molecular complexity index is 614. The third-order valence-electron chi connectivity index (χ3n) is 3.07. The van der Waals surface area contributed by atoms with Gasteiger partial charge in [0.25, 0.3) is 0 Å². The first kappa shape index (κ1) is 14.4. The van der Waals surface area contributed by atoms with Gasteiger partial charge in [0.05, 0.1) is 11.0 Å². The van der Waals surface area contributed by atoms with Crippen LogP contribution in [0.2, 0.25) is 0 Å². The maximum absolute atomic E-state index is 12.0. The summed E-state index contributed by atoms with van der Waals surface area (Å²) in [4.78, 5) is 21.0. The van der Waals surface area contributed by atoms with Crippen molar-refractivity contribution in [3.8, 4) is 0 Å². The Hall–Kier alpha value is -2.04. The van der Waals surface area contributed by atoms with Crippen molar-refractivity contribution < 1.29 is 9.53 Å². The molecule has 0 spiro atoms. The number of aromatic nitrogens is 2. The third kappa shape index (κ3) is 2.92. The van der Waals surface area contributed by atoms with E-state index in [1.54, 1.807) is 7.05 Å². The van der Waals surface area contributed by atoms with Gasteiger partial charge in [0.2, 0.25) is 5.95 Å². The summed E-state index contributed by atoms with van der Waals surface area (Å²) < 4.78 is 5.32. The van der Waals surface area contributed by atoms with Gasteiger partial charge in [-0.3, -0.25) is 4.90 Å². The molecule has 1 aromatic heterocycles. The van der Waals surface area contributed by atoms with Crippen molar-refractivity contribution in [2.45, 2.75) is 40.2 Å². The number of hydrogen-bond acceptors (Lipinski definition) is 3. The summed E-state index contributed by atoms with van der Waals surface area (Å²) in [6.07, 6.45) is -0.426. The fourth-order valence-electron chi connectivity index (χ4n) is 1.83. The van der Waals surface area contributed by atoms with E-state index in [0.29, 0.717) is 5.95 Å². The molecule has 0 radical (unpaired) electrons. The number of carbonyl (C=O) groups excluding carboxylic acids is 1. The van der Waals surface area contributed by atoms with Crippen LogP contribution in [-0.4, -0.2) is 28.7 Å². The number of imidazole rings is 1. The number of ether oxygens (including phenoxy) is 1. The minimum Gasteiger partial charge on any atom is -0.443 e. The highest BCUT2D eigenvalue weighted by Gasteiger charge is 2.22. The van der Waals surface area contributed by atoms with Gasteiger partial charge in [-0.1, -0.05) is 0 Å².